The predicted molar refractivity (Wildman–Crippen MR) is 116 cm³/mol. The zero-order valence-corrected chi connectivity index (χ0v) is 17.9. The summed E-state index contributed by atoms with van der Waals surface area (Å²) in [6.07, 6.45) is 1.15. The van der Waals surface area contributed by atoms with Crippen LogP contribution in [0.1, 0.15) is 25.8 Å². The Morgan fingerprint density at radius 1 is 1.10 bits per heavy atom. The lowest BCUT2D eigenvalue weighted by molar-refractivity contribution is -0.136. The molecule has 3 aromatic rings. The lowest BCUT2D eigenvalue weighted by Gasteiger charge is -2.34. The number of methoxy groups -OCH3 is 1. The Morgan fingerprint density at radius 2 is 1.80 bits per heavy atom. The van der Waals surface area contributed by atoms with Crippen molar-refractivity contribution in [2.24, 2.45) is 11.8 Å². The van der Waals surface area contributed by atoms with Crippen LogP contribution in [0, 0.1) is 18.8 Å². The molecule has 1 saturated heterocycles. The third-order valence-electron chi connectivity index (χ3n) is 5.86. The number of hydrogen-bond donors (Lipinski definition) is 0. The van der Waals surface area contributed by atoms with Crippen LogP contribution in [-0.4, -0.2) is 37.6 Å². The number of benzene rings is 2. The first-order chi connectivity index (χ1) is 14.4. The molecule has 0 bridgehead atoms. The average Bonchev–Trinajstić information content (AvgIpc) is 2.72. The van der Waals surface area contributed by atoms with Gasteiger partial charge in [0, 0.05) is 29.4 Å². The maximum Gasteiger partial charge on any atom is 0.344 e. The highest BCUT2D eigenvalue weighted by atomic mass is 16.5. The highest BCUT2D eigenvalue weighted by Crippen LogP contribution is 2.32. The monoisotopic (exact) mass is 409 g/mol. The number of piperidine rings is 1. The minimum absolute atomic E-state index is 0.0139. The highest BCUT2D eigenvalue weighted by Gasteiger charge is 2.25. The van der Waals surface area contributed by atoms with Crippen LogP contribution >= 0.6 is 0 Å². The summed E-state index contributed by atoms with van der Waals surface area (Å²) in [6.45, 7) is 7.70. The van der Waals surface area contributed by atoms with Crippen molar-refractivity contribution in [3.05, 3.63) is 46.3 Å². The van der Waals surface area contributed by atoms with E-state index < -0.39 is 5.63 Å². The number of carbonyl (C=O) groups is 1. The normalized spacial score (nSPS) is 19.3. The molecule has 0 radical (unpaired) electrons. The molecule has 1 fully saturated rings. The topological polar surface area (TPSA) is 69.0 Å². The van der Waals surface area contributed by atoms with E-state index in [2.05, 4.69) is 13.8 Å². The molecule has 158 valence electrons. The molecule has 4 rings (SSSR count). The van der Waals surface area contributed by atoms with E-state index >= 15 is 0 Å². The number of nitrogens with zero attached hydrogens (tertiary/aromatic N) is 1. The maximum absolute atomic E-state index is 12.6. The second-order valence-corrected chi connectivity index (χ2v) is 8.40. The Morgan fingerprint density at radius 3 is 2.50 bits per heavy atom. The van der Waals surface area contributed by atoms with Gasteiger partial charge in [-0.25, -0.2) is 4.79 Å². The number of ether oxygens (including phenoxy) is 2. The molecular weight excluding hydrogens is 382 g/mol. The first-order valence-electron chi connectivity index (χ1n) is 10.3. The second kappa shape index (κ2) is 8.01. The average molecular weight is 409 g/mol. The lowest BCUT2D eigenvalue weighted by atomic mass is 9.92. The second-order valence-electron chi connectivity index (χ2n) is 8.40. The molecule has 0 spiro atoms. The van der Waals surface area contributed by atoms with Crippen molar-refractivity contribution in [3.63, 3.8) is 0 Å². The van der Waals surface area contributed by atoms with Crippen molar-refractivity contribution in [3.8, 4) is 11.5 Å². The van der Waals surface area contributed by atoms with Crippen molar-refractivity contribution in [2.75, 3.05) is 26.8 Å². The molecule has 2 aromatic carbocycles. The molecule has 6 heteroatoms. The molecule has 1 amide bonds. The van der Waals surface area contributed by atoms with Crippen LogP contribution in [-0.2, 0) is 4.79 Å². The van der Waals surface area contributed by atoms with Crippen LogP contribution in [0.25, 0.3) is 21.7 Å². The summed E-state index contributed by atoms with van der Waals surface area (Å²) in [5, 5.41) is 2.09. The Kier molecular flexibility index (Phi) is 5.41. The van der Waals surface area contributed by atoms with E-state index in [1.54, 1.807) is 13.2 Å². The van der Waals surface area contributed by atoms with Crippen molar-refractivity contribution in [1.29, 1.82) is 0 Å². The Hall–Kier alpha value is -3.02. The van der Waals surface area contributed by atoms with E-state index in [4.69, 9.17) is 13.9 Å². The molecule has 0 N–H and O–H groups in total. The van der Waals surface area contributed by atoms with Gasteiger partial charge >= 0.3 is 5.63 Å². The third-order valence-corrected chi connectivity index (χ3v) is 5.86. The summed E-state index contributed by atoms with van der Waals surface area (Å²) in [5.74, 6) is 2.14. The summed E-state index contributed by atoms with van der Waals surface area (Å²) in [7, 11) is 1.56. The summed E-state index contributed by atoms with van der Waals surface area (Å²) < 4.78 is 16.7. The van der Waals surface area contributed by atoms with E-state index in [9.17, 15) is 9.59 Å². The van der Waals surface area contributed by atoms with Gasteiger partial charge < -0.3 is 18.8 Å². The van der Waals surface area contributed by atoms with Crippen LogP contribution in [0.5, 0.6) is 11.5 Å². The number of aryl methyl sites for hydroxylation is 1. The number of rotatable bonds is 4. The number of hydrogen-bond acceptors (Lipinski definition) is 5. The van der Waals surface area contributed by atoms with Gasteiger partial charge in [-0.1, -0.05) is 13.8 Å². The Balaban J connectivity index is 1.61. The molecule has 2 atom stereocenters. The van der Waals surface area contributed by atoms with Gasteiger partial charge in [-0.2, -0.15) is 0 Å². The van der Waals surface area contributed by atoms with Gasteiger partial charge in [0.2, 0.25) is 0 Å². The smallest absolute Gasteiger partial charge is 0.344 e. The predicted octanol–water partition coefficient (Wildman–Crippen LogP) is 4.15. The van der Waals surface area contributed by atoms with E-state index in [0.717, 1.165) is 30.3 Å². The molecule has 0 unspecified atom stereocenters. The standard InChI is InChI=1S/C24H27NO5/c1-14-9-15(2)12-25(11-14)22(26)13-29-21-8-7-19-18-6-5-17(28-4)10-20(18)24(27)30-23(19)16(21)3/h5-8,10,14-15H,9,11-13H2,1-4H3/t14-,15+. The van der Waals surface area contributed by atoms with E-state index in [1.807, 2.05) is 36.1 Å². The summed E-state index contributed by atoms with van der Waals surface area (Å²) in [4.78, 5) is 27.1. The van der Waals surface area contributed by atoms with E-state index in [-0.39, 0.29) is 12.5 Å². The molecule has 0 aliphatic carbocycles. The quantitative estimate of drug-likeness (QED) is 0.478. The van der Waals surface area contributed by atoms with Crippen LogP contribution in [0.3, 0.4) is 0 Å². The first kappa shape index (κ1) is 20.3. The minimum Gasteiger partial charge on any atom is -0.497 e. The zero-order valence-electron chi connectivity index (χ0n) is 17.9. The van der Waals surface area contributed by atoms with Gasteiger partial charge in [0.15, 0.2) is 6.61 Å². The lowest BCUT2D eigenvalue weighted by Crippen LogP contribution is -2.44. The maximum atomic E-state index is 12.6. The van der Waals surface area contributed by atoms with Crippen LogP contribution in [0.15, 0.2) is 39.5 Å². The van der Waals surface area contributed by atoms with E-state index in [0.29, 0.717) is 39.9 Å². The van der Waals surface area contributed by atoms with Crippen molar-refractivity contribution < 1.29 is 18.7 Å². The Labute approximate surface area is 175 Å². The Bertz CT molecular complexity index is 1160. The van der Waals surface area contributed by atoms with Gasteiger partial charge in [-0.05, 0) is 55.5 Å². The molecule has 1 aliphatic rings. The molecule has 30 heavy (non-hydrogen) atoms. The molecular formula is C24H27NO5. The van der Waals surface area contributed by atoms with Gasteiger partial charge in [0.25, 0.3) is 5.91 Å². The number of fused-ring (bicyclic) bond motifs is 3. The molecule has 1 aromatic heterocycles. The molecule has 6 nitrogen and oxygen atoms in total. The summed E-state index contributed by atoms with van der Waals surface area (Å²) in [6, 6.07) is 9.05. The number of likely N-dealkylation sites (tertiary alicyclic amines) is 1. The number of amides is 1. The fourth-order valence-corrected chi connectivity index (χ4v) is 4.47. The highest BCUT2D eigenvalue weighted by molar-refractivity contribution is 6.06. The SMILES string of the molecule is COc1ccc2c(c1)c(=O)oc1c(C)c(OCC(=O)N3C[C@H](C)C[C@H](C)C3)ccc12. The third kappa shape index (κ3) is 3.74. The van der Waals surface area contributed by atoms with Gasteiger partial charge in [-0.3, -0.25) is 4.79 Å². The summed E-state index contributed by atoms with van der Waals surface area (Å²) >= 11 is 0. The molecule has 1 aliphatic heterocycles. The van der Waals surface area contributed by atoms with E-state index in [1.165, 1.54) is 0 Å². The van der Waals surface area contributed by atoms with Crippen molar-refractivity contribution in [1.82, 2.24) is 4.90 Å². The largest absolute Gasteiger partial charge is 0.497 e. The fraction of sp³-hybridized carbons (Fsp3) is 0.417. The van der Waals surface area contributed by atoms with Crippen LogP contribution in [0.4, 0.5) is 0 Å². The first-order valence-corrected chi connectivity index (χ1v) is 10.3. The molecule has 0 saturated carbocycles. The zero-order chi connectivity index (χ0) is 21.4. The fourth-order valence-electron chi connectivity index (χ4n) is 4.47. The van der Waals surface area contributed by atoms with Gasteiger partial charge in [-0.15, -0.1) is 0 Å². The van der Waals surface area contributed by atoms with Crippen LogP contribution < -0.4 is 15.1 Å². The minimum atomic E-state index is -0.427. The number of carbonyl (C=O) groups excluding carboxylic acids is 1. The van der Waals surface area contributed by atoms with Gasteiger partial charge in [0.05, 0.1) is 12.5 Å². The molecule has 2 heterocycles. The van der Waals surface area contributed by atoms with Crippen molar-refractivity contribution >= 4 is 27.6 Å². The van der Waals surface area contributed by atoms with Gasteiger partial charge in [0.1, 0.15) is 17.1 Å². The van der Waals surface area contributed by atoms with Crippen LogP contribution in [0.2, 0.25) is 0 Å². The van der Waals surface area contributed by atoms with Crippen molar-refractivity contribution in [2.45, 2.75) is 27.2 Å². The summed E-state index contributed by atoms with van der Waals surface area (Å²) in [5.41, 5.74) is 0.752.